The minimum atomic E-state index is -0.285. The molecule has 0 amide bonds. The van der Waals surface area contributed by atoms with E-state index in [1.807, 2.05) is 7.05 Å². The summed E-state index contributed by atoms with van der Waals surface area (Å²) in [6.07, 6.45) is 16.9. The fourth-order valence-electron chi connectivity index (χ4n) is 9.36. The van der Waals surface area contributed by atoms with Gasteiger partial charge in [-0.2, -0.15) is 0 Å². The Labute approximate surface area is 219 Å². The Kier molecular flexibility index (Phi) is 8.90. The maximum absolute atomic E-state index is 12.8. The third-order valence-electron chi connectivity index (χ3n) is 11.4. The lowest BCUT2D eigenvalue weighted by Crippen LogP contribution is -2.53. The Bertz CT molecular complexity index is 825. The molecule has 4 aliphatic rings. The van der Waals surface area contributed by atoms with Crippen LogP contribution in [0.2, 0.25) is 0 Å². The number of unbranched alkanes of at least 4 members (excludes halogenated alkanes) is 2. The Hall–Kier alpha value is -1.36. The van der Waals surface area contributed by atoms with Crippen LogP contribution in [0, 0.1) is 46.3 Å². The highest BCUT2D eigenvalue weighted by Crippen LogP contribution is 2.68. The number of allylic oxidation sites excluding steroid dienone is 1. The predicted molar refractivity (Wildman–Crippen MR) is 145 cm³/mol. The summed E-state index contributed by atoms with van der Waals surface area (Å²) in [6, 6.07) is 0. The second-order valence-corrected chi connectivity index (χ2v) is 13.3. The van der Waals surface area contributed by atoms with E-state index in [9.17, 15) is 9.59 Å². The molecule has 5 nitrogen and oxygen atoms in total. The van der Waals surface area contributed by atoms with Gasteiger partial charge in [-0.15, -0.1) is 0 Å². The zero-order valence-electron chi connectivity index (χ0n) is 23.5. The molecule has 8 atom stereocenters. The molecule has 4 aliphatic carbocycles. The molecule has 5 heteroatoms. The first-order valence-electron chi connectivity index (χ1n) is 15.0. The third-order valence-corrected chi connectivity index (χ3v) is 11.4. The smallest absolute Gasteiger partial charge is 0.306 e. The van der Waals surface area contributed by atoms with Crippen molar-refractivity contribution in [2.75, 3.05) is 20.2 Å². The van der Waals surface area contributed by atoms with Crippen molar-refractivity contribution in [3.8, 4) is 0 Å². The number of rotatable bonds is 10. The summed E-state index contributed by atoms with van der Waals surface area (Å²) in [6.45, 7) is 8.11. The highest BCUT2D eigenvalue weighted by Gasteiger charge is 2.60. The Balaban J connectivity index is 1.39. The summed E-state index contributed by atoms with van der Waals surface area (Å²) in [4.78, 5) is 24.8. The van der Waals surface area contributed by atoms with Crippen LogP contribution in [-0.4, -0.2) is 32.0 Å². The molecule has 36 heavy (non-hydrogen) atoms. The van der Waals surface area contributed by atoms with Crippen LogP contribution in [0.25, 0.3) is 0 Å². The van der Waals surface area contributed by atoms with Crippen molar-refractivity contribution in [3.05, 3.63) is 11.8 Å². The molecule has 3 N–H and O–H groups in total. The topological polar surface area (TPSA) is 81.4 Å². The molecule has 0 saturated heterocycles. The van der Waals surface area contributed by atoms with Crippen molar-refractivity contribution in [1.82, 2.24) is 5.32 Å². The van der Waals surface area contributed by atoms with Gasteiger partial charge in [-0.05, 0) is 111 Å². The van der Waals surface area contributed by atoms with E-state index in [0.717, 1.165) is 61.0 Å². The van der Waals surface area contributed by atoms with Gasteiger partial charge in [0, 0.05) is 31.2 Å². The summed E-state index contributed by atoms with van der Waals surface area (Å²) in [5, 5.41) is 3.39. The fraction of sp³-hybridized carbons (Fsp3) is 0.871. The molecule has 0 aliphatic heterocycles. The molecule has 0 spiro atoms. The SMILES string of the molecule is CN/C(=C\C(=O)COC(=O)CCCCCN)[C@H]1CCC2[C@@H]3CCC4C[C@@H](C)CC[C@]4(C)C3CC[C@@]21C. The highest BCUT2D eigenvalue weighted by molar-refractivity contribution is 5.92. The van der Waals surface area contributed by atoms with Crippen LogP contribution < -0.4 is 11.1 Å². The van der Waals surface area contributed by atoms with Crippen LogP contribution in [0.1, 0.15) is 104 Å². The molecule has 0 aromatic heterocycles. The summed E-state index contributed by atoms with van der Waals surface area (Å²) in [5.41, 5.74) is 7.34. The van der Waals surface area contributed by atoms with Gasteiger partial charge in [0.25, 0.3) is 0 Å². The molecular formula is C31H52N2O3. The van der Waals surface area contributed by atoms with Crippen LogP contribution in [-0.2, 0) is 14.3 Å². The maximum atomic E-state index is 12.8. The van der Waals surface area contributed by atoms with E-state index in [1.54, 1.807) is 6.08 Å². The minimum Gasteiger partial charge on any atom is -0.457 e. The largest absolute Gasteiger partial charge is 0.457 e. The molecular weight excluding hydrogens is 448 g/mol. The zero-order valence-corrected chi connectivity index (χ0v) is 23.5. The first-order chi connectivity index (χ1) is 17.2. The van der Waals surface area contributed by atoms with Gasteiger partial charge in [0.2, 0.25) is 0 Å². The summed E-state index contributed by atoms with van der Waals surface area (Å²) in [5.74, 6) is 4.31. The average Bonchev–Trinajstić information content (AvgIpc) is 3.21. The van der Waals surface area contributed by atoms with Crippen LogP contribution in [0.5, 0.6) is 0 Å². The number of hydrogen-bond acceptors (Lipinski definition) is 5. The normalized spacial score (nSPS) is 40.1. The van der Waals surface area contributed by atoms with Crippen molar-refractivity contribution < 1.29 is 14.3 Å². The van der Waals surface area contributed by atoms with Crippen molar-refractivity contribution in [2.24, 2.45) is 52.1 Å². The molecule has 0 heterocycles. The molecule has 0 aromatic carbocycles. The first-order valence-corrected chi connectivity index (χ1v) is 15.0. The predicted octanol–water partition coefficient (Wildman–Crippen LogP) is 6.02. The molecule has 0 radical (unpaired) electrons. The molecule has 4 fully saturated rings. The summed E-state index contributed by atoms with van der Waals surface area (Å²) in [7, 11) is 1.94. The number of ketones is 1. The molecule has 0 aromatic rings. The standard InChI is InChI=1S/C31H52N2O3/c1-21-13-15-30(2)22(18-21)9-10-24-25-11-12-27(31(25,3)16-14-26(24)30)28(33-4)19-23(34)20-36-29(35)8-6-5-7-17-32/h19,21-22,24-27,33H,5-18,20,32H2,1-4H3/b28-19-/t21-,22?,24-,25?,26?,27+,30-,31-/m0/s1. The highest BCUT2D eigenvalue weighted by atomic mass is 16.5. The Morgan fingerprint density at radius 2 is 1.72 bits per heavy atom. The summed E-state index contributed by atoms with van der Waals surface area (Å²) >= 11 is 0. The van der Waals surface area contributed by atoms with Crippen LogP contribution >= 0.6 is 0 Å². The molecule has 0 bridgehead atoms. The quantitative estimate of drug-likeness (QED) is 0.218. The average molecular weight is 501 g/mol. The molecule has 204 valence electrons. The van der Waals surface area contributed by atoms with Crippen molar-refractivity contribution in [3.63, 3.8) is 0 Å². The van der Waals surface area contributed by atoms with Gasteiger partial charge >= 0.3 is 5.97 Å². The third kappa shape index (κ3) is 5.42. The van der Waals surface area contributed by atoms with Gasteiger partial charge in [0.1, 0.15) is 0 Å². The van der Waals surface area contributed by atoms with Crippen molar-refractivity contribution >= 4 is 11.8 Å². The number of nitrogens with one attached hydrogen (secondary N) is 1. The number of nitrogens with two attached hydrogens (primary N) is 1. The molecule has 4 rings (SSSR count). The number of carbonyl (C=O) groups is 2. The second kappa shape index (κ2) is 11.6. The van der Waals surface area contributed by atoms with Crippen molar-refractivity contribution in [1.29, 1.82) is 0 Å². The first kappa shape index (κ1) is 27.7. The van der Waals surface area contributed by atoms with E-state index in [1.165, 1.54) is 51.4 Å². The van der Waals surface area contributed by atoms with E-state index >= 15 is 0 Å². The van der Waals surface area contributed by atoms with Gasteiger partial charge < -0.3 is 15.8 Å². The van der Waals surface area contributed by atoms with Gasteiger partial charge in [-0.1, -0.05) is 33.6 Å². The number of ether oxygens (including phenoxy) is 1. The van der Waals surface area contributed by atoms with Gasteiger partial charge in [-0.25, -0.2) is 0 Å². The zero-order chi connectivity index (χ0) is 25.9. The number of carbonyl (C=O) groups excluding carboxylic acids is 2. The van der Waals surface area contributed by atoms with E-state index in [2.05, 4.69) is 26.1 Å². The molecule has 3 unspecified atom stereocenters. The van der Waals surface area contributed by atoms with Gasteiger partial charge in [0.15, 0.2) is 12.4 Å². The minimum absolute atomic E-state index is 0.111. The lowest BCUT2D eigenvalue weighted by Gasteiger charge is -2.61. The Morgan fingerprint density at radius 1 is 0.972 bits per heavy atom. The monoisotopic (exact) mass is 500 g/mol. The fourth-order valence-corrected chi connectivity index (χ4v) is 9.36. The number of esters is 1. The summed E-state index contributed by atoms with van der Waals surface area (Å²) < 4.78 is 5.27. The second-order valence-electron chi connectivity index (χ2n) is 13.3. The Morgan fingerprint density at radius 3 is 2.47 bits per heavy atom. The van der Waals surface area contributed by atoms with Crippen molar-refractivity contribution in [2.45, 2.75) is 104 Å². The van der Waals surface area contributed by atoms with Gasteiger partial charge in [0.05, 0.1) is 0 Å². The van der Waals surface area contributed by atoms with Crippen LogP contribution in [0.4, 0.5) is 0 Å². The lowest BCUT2D eigenvalue weighted by atomic mass is 9.44. The van der Waals surface area contributed by atoms with E-state index in [-0.39, 0.29) is 23.8 Å². The van der Waals surface area contributed by atoms with E-state index in [0.29, 0.717) is 24.3 Å². The van der Waals surface area contributed by atoms with E-state index in [4.69, 9.17) is 10.5 Å². The lowest BCUT2D eigenvalue weighted by molar-refractivity contribution is -0.147. The van der Waals surface area contributed by atoms with Gasteiger partial charge in [-0.3, -0.25) is 9.59 Å². The molecule has 4 saturated carbocycles. The number of fused-ring (bicyclic) bond motifs is 5. The van der Waals surface area contributed by atoms with Crippen LogP contribution in [0.3, 0.4) is 0 Å². The number of hydrogen-bond donors (Lipinski definition) is 2. The maximum Gasteiger partial charge on any atom is 0.306 e. The van der Waals surface area contributed by atoms with E-state index < -0.39 is 0 Å². The van der Waals surface area contributed by atoms with Crippen LogP contribution in [0.15, 0.2) is 11.8 Å².